The number of nitrogens with zero attached hydrogens (tertiary/aromatic N) is 1. The first-order valence-corrected chi connectivity index (χ1v) is 6.45. The van der Waals surface area contributed by atoms with Gasteiger partial charge in [0.25, 0.3) is 5.69 Å². The number of nitro benzene ring substituents is 1. The molecule has 6 heteroatoms. The van der Waals surface area contributed by atoms with Gasteiger partial charge in [-0.25, -0.2) is 0 Å². The molecule has 0 amide bonds. The predicted octanol–water partition coefficient (Wildman–Crippen LogP) is 2.07. The summed E-state index contributed by atoms with van der Waals surface area (Å²) >= 11 is 0. The van der Waals surface area contributed by atoms with Crippen LogP contribution < -0.4 is 0 Å². The van der Waals surface area contributed by atoms with Gasteiger partial charge in [-0.05, 0) is 25.5 Å². The van der Waals surface area contributed by atoms with Crippen molar-refractivity contribution in [2.75, 3.05) is 5.75 Å². The van der Waals surface area contributed by atoms with Crippen molar-refractivity contribution in [2.45, 2.75) is 24.7 Å². The van der Waals surface area contributed by atoms with Gasteiger partial charge in [-0.2, -0.15) is 0 Å². The van der Waals surface area contributed by atoms with E-state index >= 15 is 0 Å². The van der Waals surface area contributed by atoms with E-state index in [1.807, 2.05) is 0 Å². The summed E-state index contributed by atoms with van der Waals surface area (Å²) < 4.78 is 11.7. The summed E-state index contributed by atoms with van der Waals surface area (Å²) in [6.45, 7) is 1.49. The van der Waals surface area contributed by atoms with Crippen LogP contribution in [-0.2, 0) is 15.6 Å². The SMILES string of the molecule is CC(=O)CCCS(=O)c1ccc([N+](=O)[O-])cc1. The van der Waals surface area contributed by atoms with Crippen LogP contribution >= 0.6 is 0 Å². The minimum Gasteiger partial charge on any atom is -0.300 e. The van der Waals surface area contributed by atoms with Crippen molar-refractivity contribution in [3.63, 3.8) is 0 Å². The lowest BCUT2D eigenvalue weighted by molar-refractivity contribution is -0.384. The Labute approximate surface area is 101 Å². The molecule has 0 spiro atoms. The largest absolute Gasteiger partial charge is 0.300 e. The number of carbonyl (C=O) groups is 1. The minimum absolute atomic E-state index is 0.0190. The Morgan fingerprint density at radius 1 is 1.35 bits per heavy atom. The molecule has 0 bridgehead atoms. The zero-order chi connectivity index (χ0) is 12.8. The topological polar surface area (TPSA) is 77.3 Å². The molecule has 1 unspecified atom stereocenters. The van der Waals surface area contributed by atoms with Crippen LogP contribution in [-0.4, -0.2) is 20.7 Å². The molecule has 0 fully saturated rings. The maximum atomic E-state index is 11.7. The molecule has 0 aromatic heterocycles. The van der Waals surface area contributed by atoms with E-state index in [1.165, 1.54) is 31.2 Å². The smallest absolute Gasteiger partial charge is 0.269 e. The summed E-state index contributed by atoms with van der Waals surface area (Å²) in [5, 5.41) is 10.4. The van der Waals surface area contributed by atoms with Crippen LogP contribution in [0.25, 0.3) is 0 Å². The second-order valence-electron chi connectivity index (χ2n) is 3.61. The third kappa shape index (κ3) is 4.44. The molecule has 0 radical (unpaired) electrons. The Morgan fingerprint density at radius 3 is 2.41 bits per heavy atom. The number of rotatable bonds is 6. The van der Waals surface area contributed by atoms with Crippen molar-refractivity contribution in [1.29, 1.82) is 0 Å². The van der Waals surface area contributed by atoms with E-state index in [2.05, 4.69) is 0 Å². The Hall–Kier alpha value is -1.56. The van der Waals surface area contributed by atoms with Gasteiger partial charge >= 0.3 is 0 Å². The van der Waals surface area contributed by atoms with Crippen LogP contribution in [0.1, 0.15) is 19.8 Å². The van der Waals surface area contributed by atoms with Gasteiger partial charge in [-0.3, -0.25) is 14.3 Å². The van der Waals surface area contributed by atoms with Gasteiger partial charge in [0.15, 0.2) is 0 Å². The number of benzene rings is 1. The van der Waals surface area contributed by atoms with Gasteiger partial charge in [-0.1, -0.05) is 0 Å². The number of non-ortho nitro benzene ring substituents is 1. The second kappa shape index (κ2) is 6.24. The fourth-order valence-corrected chi connectivity index (χ4v) is 2.37. The molecule has 0 saturated heterocycles. The quantitative estimate of drug-likeness (QED) is 0.576. The Morgan fingerprint density at radius 2 is 1.94 bits per heavy atom. The Kier molecular flexibility index (Phi) is 4.96. The molecule has 1 aromatic carbocycles. The maximum Gasteiger partial charge on any atom is 0.269 e. The van der Waals surface area contributed by atoms with E-state index in [4.69, 9.17) is 0 Å². The van der Waals surface area contributed by atoms with Crippen LogP contribution in [0.5, 0.6) is 0 Å². The number of nitro groups is 1. The van der Waals surface area contributed by atoms with Gasteiger partial charge in [0, 0.05) is 29.2 Å². The molecular formula is C11H13NO4S. The molecule has 92 valence electrons. The van der Waals surface area contributed by atoms with Crippen LogP contribution in [0.3, 0.4) is 0 Å². The number of Topliss-reactive ketones (excluding diaryl/α,β-unsaturated/α-hetero) is 1. The third-order valence-electron chi connectivity index (χ3n) is 2.17. The highest BCUT2D eigenvalue weighted by atomic mass is 32.2. The first-order chi connectivity index (χ1) is 8.00. The molecule has 1 rings (SSSR count). The van der Waals surface area contributed by atoms with E-state index in [-0.39, 0.29) is 11.5 Å². The number of ketones is 1. The Bertz CT molecular complexity index is 441. The normalized spacial score (nSPS) is 12.1. The summed E-state index contributed by atoms with van der Waals surface area (Å²) in [4.78, 5) is 21.2. The highest BCUT2D eigenvalue weighted by Crippen LogP contribution is 2.15. The van der Waals surface area contributed by atoms with E-state index in [0.717, 1.165) is 0 Å². The summed E-state index contributed by atoms with van der Waals surface area (Å²) in [7, 11) is -1.20. The lowest BCUT2D eigenvalue weighted by Crippen LogP contribution is -2.01. The Balaban J connectivity index is 2.57. The number of hydrogen-bond acceptors (Lipinski definition) is 4. The zero-order valence-corrected chi connectivity index (χ0v) is 10.2. The van der Waals surface area contributed by atoms with Gasteiger partial charge in [-0.15, -0.1) is 0 Å². The highest BCUT2D eigenvalue weighted by molar-refractivity contribution is 7.85. The predicted molar refractivity (Wildman–Crippen MR) is 64.3 cm³/mol. The van der Waals surface area contributed by atoms with Gasteiger partial charge in [0.2, 0.25) is 0 Å². The fourth-order valence-electron chi connectivity index (χ4n) is 1.29. The van der Waals surface area contributed by atoms with Crippen LogP contribution in [0, 0.1) is 10.1 Å². The molecule has 0 N–H and O–H groups in total. The molecule has 0 heterocycles. The average molecular weight is 255 g/mol. The van der Waals surface area contributed by atoms with Crippen molar-refractivity contribution in [2.24, 2.45) is 0 Å². The minimum atomic E-state index is -1.20. The average Bonchev–Trinajstić information content (AvgIpc) is 2.28. The number of carbonyl (C=O) groups excluding carboxylic acids is 1. The molecule has 0 aliphatic rings. The van der Waals surface area contributed by atoms with Crippen molar-refractivity contribution in [3.8, 4) is 0 Å². The molecule has 0 aliphatic heterocycles. The van der Waals surface area contributed by atoms with Crippen LogP contribution in [0.2, 0.25) is 0 Å². The molecule has 17 heavy (non-hydrogen) atoms. The van der Waals surface area contributed by atoms with Gasteiger partial charge in [0.05, 0.1) is 15.7 Å². The van der Waals surface area contributed by atoms with Gasteiger partial charge < -0.3 is 4.79 Å². The molecule has 1 atom stereocenters. The van der Waals surface area contributed by atoms with Crippen molar-refractivity contribution in [1.82, 2.24) is 0 Å². The molecule has 1 aromatic rings. The van der Waals surface area contributed by atoms with Crippen molar-refractivity contribution >= 4 is 22.3 Å². The number of hydrogen-bond donors (Lipinski definition) is 0. The monoisotopic (exact) mass is 255 g/mol. The van der Waals surface area contributed by atoms with E-state index < -0.39 is 15.7 Å². The summed E-state index contributed by atoms with van der Waals surface area (Å²) in [6.07, 6.45) is 0.984. The van der Waals surface area contributed by atoms with Crippen molar-refractivity contribution < 1.29 is 13.9 Å². The van der Waals surface area contributed by atoms with Crippen molar-refractivity contribution in [3.05, 3.63) is 34.4 Å². The molecule has 5 nitrogen and oxygen atoms in total. The first-order valence-electron chi connectivity index (χ1n) is 5.13. The van der Waals surface area contributed by atoms with E-state index in [9.17, 15) is 19.1 Å². The first kappa shape index (κ1) is 13.5. The summed E-state index contributed by atoms with van der Waals surface area (Å²) in [5.41, 5.74) is -0.0190. The maximum absolute atomic E-state index is 11.7. The lowest BCUT2D eigenvalue weighted by Gasteiger charge is -2.01. The molecular weight excluding hydrogens is 242 g/mol. The lowest BCUT2D eigenvalue weighted by atomic mass is 10.3. The third-order valence-corrected chi connectivity index (χ3v) is 3.63. The van der Waals surface area contributed by atoms with Crippen LogP contribution in [0.4, 0.5) is 5.69 Å². The standard InChI is InChI=1S/C11H13NO4S/c1-9(13)3-2-8-17(16)11-6-4-10(5-7-11)12(14)15/h4-7H,2-3,8H2,1H3. The fraction of sp³-hybridized carbons (Fsp3) is 0.364. The molecule has 0 saturated carbocycles. The summed E-state index contributed by atoms with van der Waals surface area (Å²) in [5.74, 6) is 0.475. The molecule has 0 aliphatic carbocycles. The van der Waals surface area contributed by atoms with Gasteiger partial charge in [0.1, 0.15) is 5.78 Å². The zero-order valence-electron chi connectivity index (χ0n) is 9.42. The van der Waals surface area contributed by atoms with E-state index in [0.29, 0.717) is 23.5 Å². The summed E-state index contributed by atoms with van der Waals surface area (Å²) in [6, 6.07) is 5.64. The van der Waals surface area contributed by atoms with Crippen LogP contribution in [0.15, 0.2) is 29.2 Å². The second-order valence-corrected chi connectivity index (χ2v) is 5.18. The van der Waals surface area contributed by atoms with E-state index in [1.54, 1.807) is 0 Å². The highest BCUT2D eigenvalue weighted by Gasteiger charge is 2.08.